The second kappa shape index (κ2) is 9.51. The lowest BCUT2D eigenvalue weighted by Crippen LogP contribution is -2.31. The summed E-state index contributed by atoms with van der Waals surface area (Å²) in [6, 6.07) is 5.06. The SMILES string of the molecule is CC(C)CNCCCC(C)N(C)CCc1cccs1. The van der Waals surface area contributed by atoms with Crippen molar-refractivity contribution in [2.75, 3.05) is 26.7 Å². The Kier molecular flexibility index (Phi) is 8.35. The number of rotatable bonds is 10. The third-order valence-electron chi connectivity index (χ3n) is 3.57. The van der Waals surface area contributed by atoms with Crippen LogP contribution in [0.15, 0.2) is 17.5 Å². The maximum Gasteiger partial charge on any atom is 0.00644 e. The van der Waals surface area contributed by atoms with Crippen molar-refractivity contribution in [3.8, 4) is 0 Å². The van der Waals surface area contributed by atoms with E-state index in [1.807, 2.05) is 11.3 Å². The van der Waals surface area contributed by atoms with Crippen LogP contribution in [0.2, 0.25) is 0 Å². The largest absolute Gasteiger partial charge is 0.316 e. The van der Waals surface area contributed by atoms with Crippen molar-refractivity contribution in [3.05, 3.63) is 22.4 Å². The molecule has 0 radical (unpaired) electrons. The predicted octanol–water partition coefficient (Wildman–Crippen LogP) is 3.64. The Labute approximate surface area is 123 Å². The fraction of sp³-hybridized carbons (Fsp3) is 0.750. The van der Waals surface area contributed by atoms with Gasteiger partial charge in [-0.3, -0.25) is 0 Å². The van der Waals surface area contributed by atoms with Gasteiger partial charge in [-0.15, -0.1) is 11.3 Å². The molecule has 0 saturated heterocycles. The van der Waals surface area contributed by atoms with Crippen molar-refractivity contribution in [1.82, 2.24) is 10.2 Å². The molecule has 1 aromatic rings. The molecule has 0 aliphatic heterocycles. The van der Waals surface area contributed by atoms with E-state index in [1.54, 1.807) is 0 Å². The topological polar surface area (TPSA) is 15.3 Å². The molecule has 0 aliphatic rings. The van der Waals surface area contributed by atoms with Crippen molar-refractivity contribution < 1.29 is 0 Å². The Morgan fingerprint density at radius 2 is 2.11 bits per heavy atom. The summed E-state index contributed by atoms with van der Waals surface area (Å²) in [5, 5.41) is 5.68. The fourth-order valence-corrected chi connectivity index (χ4v) is 2.79. The average molecular weight is 282 g/mol. The van der Waals surface area contributed by atoms with Gasteiger partial charge in [-0.2, -0.15) is 0 Å². The van der Waals surface area contributed by atoms with Crippen LogP contribution in [0.1, 0.15) is 38.5 Å². The van der Waals surface area contributed by atoms with Gasteiger partial charge in [0, 0.05) is 17.5 Å². The Hall–Kier alpha value is -0.380. The summed E-state index contributed by atoms with van der Waals surface area (Å²) in [6.07, 6.45) is 3.74. The van der Waals surface area contributed by atoms with Crippen LogP contribution in [0, 0.1) is 5.92 Å². The molecule has 2 nitrogen and oxygen atoms in total. The Bertz CT molecular complexity index is 309. The molecule has 0 saturated carbocycles. The molecule has 0 bridgehead atoms. The zero-order valence-corrected chi connectivity index (χ0v) is 13.8. The number of likely N-dealkylation sites (N-methyl/N-ethyl adjacent to an activating group) is 1. The molecule has 1 atom stereocenters. The van der Waals surface area contributed by atoms with Gasteiger partial charge >= 0.3 is 0 Å². The highest BCUT2D eigenvalue weighted by molar-refractivity contribution is 7.09. The second-order valence-electron chi connectivity index (χ2n) is 5.90. The minimum Gasteiger partial charge on any atom is -0.316 e. The quantitative estimate of drug-likeness (QED) is 0.659. The minimum absolute atomic E-state index is 0.681. The number of nitrogens with zero attached hydrogens (tertiary/aromatic N) is 1. The summed E-state index contributed by atoms with van der Waals surface area (Å²) in [5.41, 5.74) is 0. The van der Waals surface area contributed by atoms with Crippen LogP contribution in [0.25, 0.3) is 0 Å². The van der Waals surface area contributed by atoms with Crippen molar-refractivity contribution in [1.29, 1.82) is 0 Å². The lowest BCUT2D eigenvalue weighted by Gasteiger charge is -2.24. The Balaban J connectivity index is 2.06. The first kappa shape index (κ1) is 16.7. The Morgan fingerprint density at radius 1 is 1.32 bits per heavy atom. The van der Waals surface area contributed by atoms with Crippen molar-refractivity contribution in [2.24, 2.45) is 5.92 Å². The molecule has 0 aromatic carbocycles. The van der Waals surface area contributed by atoms with Gasteiger partial charge in [0.25, 0.3) is 0 Å². The first-order chi connectivity index (χ1) is 9.09. The molecule has 0 fully saturated rings. The minimum atomic E-state index is 0.681. The fourth-order valence-electron chi connectivity index (χ4n) is 2.10. The molecule has 1 heterocycles. The zero-order valence-electron chi connectivity index (χ0n) is 13.0. The smallest absolute Gasteiger partial charge is 0.00644 e. The van der Waals surface area contributed by atoms with E-state index >= 15 is 0 Å². The number of nitrogens with one attached hydrogen (secondary N) is 1. The van der Waals surface area contributed by atoms with E-state index in [9.17, 15) is 0 Å². The maximum atomic E-state index is 3.52. The van der Waals surface area contributed by atoms with E-state index in [1.165, 1.54) is 30.7 Å². The van der Waals surface area contributed by atoms with Gasteiger partial charge in [-0.1, -0.05) is 19.9 Å². The number of hydrogen-bond donors (Lipinski definition) is 1. The van der Waals surface area contributed by atoms with E-state index in [0.717, 1.165) is 19.0 Å². The standard InChI is InChI=1S/C16H30N2S/c1-14(2)13-17-10-5-7-15(3)18(4)11-9-16-8-6-12-19-16/h6,8,12,14-15,17H,5,7,9-11,13H2,1-4H3. The monoisotopic (exact) mass is 282 g/mol. The molecule has 110 valence electrons. The molecular weight excluding hydrogens is 252 g/mol. The van der Waals surface area contributed by atoms with Crippen molar-refractivity contribution in [3.63, 3.8) is 0 Å². The van der Waals surface area contributed by atoms with E-state index < -0.39 is 0 Å². The highest BCUT2D eigenvalue weighted by Crippen LogP contribution is 2.11. The lowest BCUT2D eigenvalue weighted by molar-refractivity contribution is 0.245. The molecule has 1 unspecified atom stereocenters. The summed E-state index contributed by atoms with van der Waals surface area (Å²) < 4.78 is 0. The molecule has 19 heavy (non-hydrogen) atoms. The summed E-state index contributed by atoms with van der Waals surface area (Å²) in [6.45, 7) is 10.3. The van der Waals surface area contributed by atoms with Crippen LogP contribution in [0.5, 0.6) is 0 Å². The van der Waals surface area contributed by atoms with E-state index in [-0.39, 0.29) is 0 Å². The summed E-state index contributed by atoms with van der Waals surface area (Å²) in [4.78, 5) is 3.99. The molecule has 1 N–H and O–H groups in total. The van der Waals surface area contributed by atoms with Crippen LogP contribution in [-0.2, 0) is 6.42 Å². The summed E-state index contributed by atoms with van der Waals surface area (Å²) in [7, 11) is 2.25. The van der Waals surface area contributed by atoms with Crippen molar-refractivity contribution >= 4 is 11.3 Å². The third-order valence-corrected chi connectivity index (χ3v) is 4.51. The van der Waals surface area contributed by atoms with Crippen LogP contribution < -0.4 is 5.32 Å². The van der Waals surface area contributed by atoms with Gasteiger partial charge in [-0.25, -0.2) is 0 Å². The molecule has 0 spiro atoms. The first-order valence-electron chi connectivity index (χ1n) is 7.53. The van der Waals surface area contributed by atoms with Gasteiger partial charge in [0.05, 0.1) is 0 Å². The highest BCUT2D eigenvalue weighted by atomic mass is 32.1. The lowest BCUT2D eigenvalue weighted by atomic mass is 10.1. The second-order valence-corrected chi connectivity index (χ2v) is 6.93. The first-order valence-corrected chi connectivity index (χ1v) is 8.41. The van der Waals surface area contributed by atoms with Gasteiger partial charge < -0.3 is 10.2 Å². The van der Waals surface area contributed by atoms with E-state index in [2.05, 4.69) is 55.5 Å². The van der Waals surface area contributed by atoms with Gasteiger partial charge in [0.1, 0.15) is 0 Å². The van der Waals surface area contributed by atoms with Crippen LogP contribution in [-0.4, -0.2) is 37.6 Å². The van der Waals surface area contributed by atoms with Crippen LogP contribution in [0.4, 0.5) is 0 Å². The number of hydrogen-bond acceptors (Lipinski definition) is 3. The Morgan fingerprint density at radius 3 is 2.74 bits per heavy atom. The van der Waals surface area contributed by atoms with Gasteiger partial charge in [0.2, 0.25) is 0 Å². The van der Waals surface area contributed by atoms with Gasteiger partial charge in [0.15, 0.2) is 0 Å². The summed E-state index contributed by atoms with van der Waals surface area (Å²) >= 11 is 1.87. The van der Waals surface area contributed by atoms with E-state index in [0.29, 0.717) is 6.04 Å². The van der Waals surface area contributed by atoms with Crippen LogP contribution >= 0.6 is 11.3 Å². The summed E-state index contributed by atoms with van der Waals surface area (Å²) in [5.74, 6) is 0.755. The third kappa shape index (κ3) is 7.71. The molecular formula is C16H30N2S. The predicted molar refractivity (Wildman–Crippen MR) is 87.1 cm³/mol. The number of thiophene rings is 1. The normalized spacial score (nSPS) is 13.4. The maximum absolute atomic E-state index is 3.52. The van der Waals surface area contributed by atoms with Crippen molar-refractivity contribution in [2.45, 2.75) is 46.1 Å². The van der Waals surface area contributed by atoms with Gasteiger partial charge in [-0.05, 0) is 63.7 Å². The average Bonchev–Trinajstić information content (AvgIpc) is 2.88. The highest BCUT2D eigenvalue weighted by Gasteiger charge is 2.08. The van der Waals surface area contributed by atoms with Crippen LogP contribution in [0.3, 0.4) is 0 Å². The molecule has 1 rings (SSSR count). The molecule has 3 heteroatoms. The molecule has 0 amide bonds. The molecule has 1 aromatic heterocycles. The molecule has 0 aliphatic carbocycles. The van der Waals surface area contributed by atoms with E-state index in [4.69, 9.17) is 0 Å². The zero-order chi connectivity index (χ0) is 14.1.